The van der Waals surface area contributed by atoms with E-state index in [0.29, 0.717) is 10.8 Å². The highest BCUT2D eigenvalue weighted by molar-refractivity contribution is 6.31. The van der Waals surface area contributed by atoms with E-state index in [0.717, 1.165) is 17.8 Å². The monoisotopic (exact) mass is 384 g/mol. The molecule has 0 bridgehead atoms. The molecule has 2 aromatic heterocycles. The normalized spacial score (nSPS) is 10.3. The first-order chi connectivity index (χ1) is 12.9. The fourth-order valence-electron chi connectivity index (χ4n) is 2.24. The van der Waals surface area contributed by atoms with Gasteiger partial charge in [0.15, 0.2) is 0 Å². The van der Waals surface area contributed by atoms with Crippen molar-refractivity contribution in [3.8, 4) is 0 Å². The highest BCUT2D eigenvalue weighted by Crippen LogP contribution is 2.22. The molecule has 0 aliphatic rings. The summed E-state index contributed by atoms with van der Waals surface area (Å²) in [7, 11) is 0. The molecule has 0 aliphatic carbocycles. The Labute approximate surface area is 159 Å². The molecule has 3 rings (SSSR count). The third kappa shape index (κ3) is 4.65. The number of aromatic nitrogens is 2. The summed E-state index contributed by atoms with van der Waals surface area (Å²) in [6.45, 7) is 1.88. The second-order valence-corrected chi connectivity index (χ2v) is 6.12. The van der Waals surface area contributed by atoms with E-state index in [2.05, 4.69) is 20.6 Å². The number of rotatable bonds is 4. The van der Waals surface area contributed by atoms with Gasteiger partial charge in [-0.2, -0.15) is 0 Å². The zero-order valence-electron chi connectivity index (χ0n) is 14.2. The van der Waals surface area contributed by atoms with Crippen LogP contribution in [0.25, 0.3) is 0 Å². The fourth-order valence-corrected chi connectivity index (χ4v) is 2.41. The van der Waals surface area contributed by atoms with Gasteiger partial charge in [-0.1, -0.05) is 17.7 Å². The van der Waals surface area contributed by atoms with Crippen LogP contribution < -0.4 is 10.6 Å². The van der Waals surface area contributed by atoms with E-state index in [9.17, 15) is 14.0 Å². The van der Waals surface area contributed by atoms with Crippen LogP contribution >= 0.6 is 11.6 Å². The first-order valence-corrected chi connectivity index (χ1v) is 8.26. The Morgan fingerprint density at radius 2 is 1.78 bits per heavy atom. The zero-order valence-corrected chi connectivity index (χ0v) is 14.9. The van der Waals surface area contributed by atoms with Gasteiger partial charge >= 0.3 is 0 Å². The molecule has 27 heavy (non-hydrogen) atoms. The molecule has 0 atom stereocenters. The number of hydrogen-bond donors (Lipinski definition) is 2. The van der Waals surface area contributed by atoms with Crippen LogP contribution in [0.4, 0.5) is 15.9 Å². The van der Waals surface area contributed by atoms with Gasteiger partial charge in [0.25, 0.3) is 11.8 Å². The molecule has 0 aliphatic heterocycles. The van der Waals surface area contributed by atoms with E-state index < -0.39 is 17.6 Å². The zero-order chi connectivity index (χ0) is 19.4. The van der Waals surface area contributed by atoms with Crippen molar-refractivity contribution in [1.29, 1.82) is 0 Å². The van der Waals surface area contributed by atoms with Crippen molar-refractivity contribution in [3.63, 3.8) is 0 Å². The number of anilines is 2. The first kappa shape index (κ1) is 18.5. The van der Waals surface area contributed by atoms with E-state index >= 15 is 0 Å². The first-order valence-electron chi connectivity index (χ1n) is 7.89. The van der Waals surface area contributed by atoms with Crippen LogP contribution in [-0.2, 0) is 0 Å². The second kappa shape index (κ2) is 7.92. The molecule has 0 saturated heterocycles. The van der Waals surface area contributed by atoms with Crippen molar-refractivity contribution in [2.45, 2.75) is 6.92 Å². The minimum Gasteiger partial charge on any atom is -0.320 e. The van der Waals surface area contributed by atoms with E-state index in [-0.39, 0.29) is 16.9 Å². The molecule has 0 radical (unpaired) electrons. The van der Waals surface area contributed by atoms with Gasteiger partial charge in [-0.15, -0.1) is 0 Å². The molecule has 8 heteroatoms. The number of nitrogens with one attached hydrogen (secondary N) is 2. The van der Waals surface area contributed by atoms with E-state index in [1.54, 1.807) is 12.3 Å². The fraction of sp³-hybridized carbons (Fsp3) is 0.0526. The molecule has 1 aromatic carbocycles. The molecule has 3 aromatic rings. The number of benzene rings is 1. The third-order valence-electron chi connectivity index (χ3n) is 3.59. The quantitative estimate of drug-likeness (QED) is 0.709. The average Bonchev–Trinajstić information content (AvgIpc) is 2.65. The van der Waals surface area contributed by atoms with Crippen molar-refractivity contribution >= 4 is 34.9 Å². The van der Waals surface area contributed by atoms with Gasteiger partial charge in [0.2, 0.25) is 0 Å². The maximum Gasteiger partial charge on any atom is 0.274 e. The molecule has 2 heterocycles. The van der Waals surface area contributed by atoms with Crippen molar-refractivity contribution in [2.75, 3.05) is 10.6 Å². The number of carbonyl (C=O) groups excluding carboxylic acids is 2. The number of halogens is 2. The Balaban J connectivity index is 1.83. The van der Waals surface area contributed by atoms with Crippen molar-refractivity contribution in [2.24, 2.45) is 0 Å². The van der Waals surface area contributed by atoms with Gasteiger partial charge in [-0.05, 0) is 48.9 Å². The molecule has 2 N–H and O–H groups in total. The number of pyridine rings is 2. The predicted molar refractivity (Wildman–Crippen MR) is 101 cm³/mol. The van der Waals surface area contributed by atoms with E-state index in [1.807, 2.05) is 13.0 Å². The highest BCUT2D eigenvalue weighted by Gasteiger charge is 2.16. The molecule has 0 fully saturated rings. The van der Waals surface area contributed by atoms with Crippen molar-refractivity contribution in [3.05, 3.63) is 82.5 Å². The second-order valence-electron chi connectivity index (χ2n) is 5.68. The molecule has 136 valence electrons. The third-order valence-corrected chi connectivity index (χ3v) is 3.82. The van der Waals surface area contributed by atoms with Gasteiger partial charge in [0, 0.05) is 11.2 Å². The van der Waals surface area contributed by atoms with E-state index in [4.69, 9.17) is 11.6 Å². The van der Waals surface area contributed by atoms with Crippen LogP contribution in [0.1, 0.15) is 26.4 Å². The molecular formula is C19H14ClFN4O2. The predicted octanol–water partition coefficient (Wildman–Crippen LogP) is 4.08. The molecule has 6 nitrogen and oxygen atoms in total. The summed E-state index contributed by atoms with van der Waals surface area (Å²) in [5.41, 5.74) is 1.36. The highest BCUT2D eigenvalue weighted by atomic mass is 35.5. The lowest BCUT2D eigenvalue weighted by atomic mass is 10.1. The number of aryl methyl sites for hydroxylation is 1. The van der Waals surface area contributed by atoms with Gasteiger partial charge in [-0.25, -0.2) is 14.4 Å². The summed E-state index contributed by atoms with van der Waals surface area (Å²) in [6.07, 6.45) is 2.56. The Bertz CT molecular complexity index is 992. The molecule has 0 spiro atoms. The van der Waals surface area contributed by atoms with Crippen LogP contribution in [-0.4, -0.2) is 21.8 Å². The maximum atomic E-state index is 13.0. The molecule has 2 amide bonds. The molecule has 0 saturated carbocycles. The lowest BCUT2D eigenvalue weighted by Gasteiger charge is -2.12. The summed E-state index contributed by atoms with van der Waals surface area (Å²) in [5.74, 6) is -1.26. The topological polar surface area (TPSA) is 84.0 Å². The minimum absolute atomic E-state index is 0.0120. The Morgan fingerprint density at radius 1 is 0.963 bits per heavy atom. The van der Waals surface area contributed by atoms with Crippen LogP contribution in [0, 0.1) is 12.7 Å². The van der Waals surface area contributed by atoms with Gasteiger partial charge in [0.05, 0.1) is 17.4 Å². The van der Waals surface area contributed by atoms with Crippen LogP contribution in [0.3, 0.4) is 0 Å². The minimum atomic E-state index is -0.583. The van der Waals surface area contributed by atoms with Crippen LogP contribution in [0.2, 0.25) is 5.02 Å². The number of nitrogens with zero attached hydrogens (tertiary/aromatic N) is 2. The SMILES string of the molecule is Cc1ccc(NC(=O)c2cc(Cl)ccc2NC(=O)c2ccc(F)cn2)nc1. The summed E-state index contributed by atoms with van der Waals surface area (Å²) >= 11 is 5.99. The van der Waals surface area contributed by atoms with Gasteiger partial charge in [0.1, 0.15) is 17.3 Å². The lowest BCUT2D eigenvalue weighted by molar-refractivity contribution is 0.102. The number of hydrogen-bond acceptors (Lipinski definition) is 4. The van der Waals surface area contributed by atoms with E-state index in [1.165, 1.54) is 24.3 Å². The lowest BCUT2D eigenvalue weighted by Crippen LogP contribution is -2.19. The Hall–Kier alpha value is -3.32. The Kier molecular flexibility index (Phi) is 5.42. The standard InChI is InChI=1S/C19H14ClFN4O2/c1-11-2-7-17(23-9-11)25-18(26)14-8-12(20)3-5-15(14)24-19(27)16-6-4-13(21)10-22-16/h2-10H,1H3,(H,24,27)(H,23,25,26). The smallest absolute Gasteiger partial charge is 0.274 e. The van der Waals surface area contributed by atoms with Crippen molar-refractivity contribution < 1.29 is 14.0 Å². The van der Waals surface area contributed by atoms with Gasteiger partial charge < -0.3 is 10.6 Å². The summed E-state index contributed by atoms with van der Waals surface area (Å²) in [6, 6.07) is 10.3. The summed E-state index contributed by atoms with van der Waals surface area (Å²) < 4.78 is 13.0. The number of amides is 2. The Morgan fingerprint density at radius 3 is 2.44 bits per heavy atom. The average molecular weight is 385 g/mol. The maximum absolute atomic E-state index is 13.0. The molecular weight excluding hydrogens is 371 g/mol. The van der Waals surface area contributed by atoms with Crippen LogP contribution in [0.15, 0.2) is 54.9 Å². The van der Waals surface area contributed by atoms with Crippen LogP contribution in [0.5, 0.6) is 0 Å². The number of carbonyl (C=O) groups is 2. The largest absolute Gasteiger partial charge is 0.320 e. The molecule has 0 unspecified atom stereocenters. The van der Waals surface area contributed by atoms with Crippen molar-refractivity contribution in [1.82, 2.24) is 9.97 Å². The summed E-state index contributed by atoms with van der Waals surface area (Å²) in [4.78, 5) is 32.7. The van der Waals surface area contributed by atoms with Gasteiger partial charge in [-0.3, -0.25) is 9.59 Å². The summed E-state index contributed by atoms with van der Waals surface area (Å²) in [5, 5.41) is 5.56.